The third kappa shape index (κ3) is 8.85. The van der Waals surface area contributed by atoms with Gasteiger partial charge < -0.3 is 24.8 Å². The zero-order valence-electron chi connectivity index (χ0n) is 34.3. The van der Waals surface area contributed by atoms with Crippen LogP contribution in [0.3, 0.4) is 0 Å². The Hall–Kier alpha value is -5.69. The number of carbonyl (C=O) groups is 3. The van der Waals surface area contributed by atoms with Gasteiger partial charge in [-0.1, -0.05) is 107 Å². The maximum Gasteiger partial charge on any atom is 0.407 e. The summed E-state index contributed by atoms with van der Waals surface area (Å²) in [6, 6.07) is 23.7. The van der Waals surface area contributed by atoms with E-state index in [1.165, 1.54) is 12.0 Å². The molecule has 11 nitrogen and oxygen atoms in total. The van der Waals surface area contributed by atoms with Crippen LogP contribution in [-0.4, -0.2) is 106 Å². The molecule has 3 aliphatic heterocycles. The summed E-state index contributed by atoms with van der Waals surface area (Å²) in [6.07, 6.45) is 1.38. The predicted octanol–water partition coefficient (Wildman–Crippen LogP) is 7.94. The van der Waals surface area contributed by atoms with Gasteiger partial charge in [-0.05, 0) is 52.4 Å². The largest absolute Gasteiger partial charge is 0.453 e. The third-order valence-corrected chi connectivity index (χ3v) is 11.8. The van der Waals surface area contributed by atoms with Crippen LogP contribution in [0.2, 0.25) is 0 Å². The van der Waals surface area contributed by atoms with Crippen molar-refractivity contribution in [1.82, 2.24) is 30.0 Å². The molecule has 3 aliphatic rings. The van der Waals surface area contributed by atoms with Gasteiger partial charge in [-0.25, -0.2) is 18.6 Å². The van der Waals surface area contributed by atoms with Gasteiger partial charge in [-0.3, -0.25) is 19.5 Å². The Kier molecular flexibility index (Phi) is 12.7. The number of methoxy groups -OCH3 is 1. The van der Waals surface area contributed by atoms with E-state index in [0.29, 0.717) is 25.3 Å². The summed E-state index contributed by atoms with van der Waals surface area (Å²) in [6.45, 7) is 9.08. The minimum absolute atomic E-state index is 0.0632. The number of rotatable bonds is 13. The van der Waals surface area contributed by atoms with E-state index in [4.69, 9.17) is 9.73 Å². The summed E-state index contributed by atoms with van der Waals surface area (Å²) in [5.41, 5.74) is 7.42. The standard InChI is InChI=1S/C46H53F2N7O4/c1-6-53(7-2)42(33-11-9-8-10-12-33)45(57)54-26-35(47)22-39(54)37-21-34(24-49-37)31-15-13-29(14-16-31)30-17-19-32(20-18-30)38-25-50-43(51-38)40-23-36(48)27-55(40)44(56)41(28(3)4)52-46(58)59-5/h8-20,24-25,28,35-36,39-42H,6-7,21-23,26-27H2,1-5H3,(H,50,51)(H,52,58)/t35-,36-,39-,40-,41-,42+/m0/s1. The van der Waals surface area contributed by atoms with Crippen LogP contribution in [0.1, 0.15) is 76.0 Å². The average Bonchev–Trinajstić information content (AvgIpc) is 4.08. The van der Waals surface area contributed by atoms with Gasteiger partial charge in [0.2, 0.25) is 11.8 Å². The highest BCUT2D eigenvalue weighted by atomic mass is 19.1. The first kappa shape index (κ1) is 41.5. The monoisotopic (exact) mass is 805 g/mol. The Morgan fingerprint density at radius 1 is 0.831 bits per heavy atom. The highest BCUT2D eigenvalue weighted by Gasteiger charge is 2.44. The van der Waals surface area contributed by atoms with Crippen molar-refractivity contribution in [2.24, 2.45) is 10.9 Å². The second-order valence-electron chi connectivity index (χ2n) is 15.9. The van der Waals surface area contributed by atoms with Crippen molar-refractivity contribution in [2.45, 2.75) is 83.5 Å². The molecule has 3 amide bonds. The maximum atomic E-state index is 15.1. The van der Waals surface area contributed by atoms with E-state index < -0.39 is 42.6 Å². The highest BCUT2D eigenvalue weighted by Crippen LogP contribution is 2.37. The Balaban J connectivity index is 0.997. The smallest absolute Gasteiger partial charge is 0.407 e. The first-order chi connectivity index (χ1) is 28.5. The molecule has 0 radical (unpaired) electrons. The molecule has 2 fully saturated rings. The minimum Gasteiger partial charge on any atom is -0.453 e. The van der Waals surface area contributed by atoms with Crippen molar-refractivity contribution < 1.29 is 27.9 Å². The van der Waals surface area contributed by atoms with E-state index in [2.05, 4.69) is 44.5 Å². The molecule has 310 valence electrons. The molecule has 6 atom stereocenters. The van der Waals surface area contributed by atoms with Crippen molar-refractivity contribution >= 4 is 29.2 Å². The molecule has 7 rings (SSSR count). The highest BCUT2D eigenvalue weighted by molar-refractivity contribution is 6.04. The van der Waals surface area contributed by atoms with E-state index in [1.54, 1.807) is 11.1 Å². The molecule has 2 N–H and O–H groups in total. The number of allylic oxidation sites excluding steroid dienone is 1. The topological polar surface area (TPSA) is 123 Å². The number of nitrogens with zero attached hydrogens (tertiary/aromatic N) is 5. The van der Waals surface area contributed by atoms with Gasteiger partial charge in [-0.2, -0.15) is 0 Å². The van der Waals surface area contributed by atoms with Crippen LogP contribution in [0.15, 0.2) is 96.3 Å². The maximum absolute atomic E-state index is 15.1. The van der Waals surface area contributed by atoms with Gasteiger partial charge in [-0.15, -0.1) is 0 Å². The number of aromatic nitrogens is 2. The number of aliphatic imine (C=N–C) groups is 1. The Labute approximate surface area is 344 Å². The van der Waals surface area contributed by atoms with Gasteiger partial charge in [0.1, 0.15) is 30.3 Å². The molecule has 0 unspecified atom stereocenters. The van der Waals surface area contributed by atoms with E-state index in [-0.39, 0.29) is 43.7 Å². The number of alkyl carbamates (subject to hydrolysis) is 1. The van der Waals surface area contributed by atoms with Crippen LogP contribution < -0.4 is 5.32 Å². The van der Waals surface area contributed by atoms with E-state index in [9.17, 15) is 18.8 Å². The lowest BCUT2D eigenvalue weighted by atomic mass is 9.95. The molecule has 2 saturated heterocycles. The molecule has 0 spiro atoms. The number of ether oxygens (including phenoxy) is 1. The zero-order valence-corrected chi connectivity index (χ0v) is 34.3. The molecule has 4 heterocycles. The summed E-state index contributed by atoms with van der Waals surface area (Å²) < 4.78 is 34.6. The second kappa shape index (κ2) is 18.1. The lowest BCUT2D eigenvalue weighted by molar-refractivity contribution is -0.137. The third-order valence-electron chi connectivity index (χ3n) is 11.8. The molecule has 4 aromatic rings. The number of alkyl halides is 2. The number of likely N-dealkylation sites (N-methyl/N-ethyl adjacent to an activating group) is 1. The Morgan fingerprint density at radius 2 is 1.41 bits per heavy atom. The van der Waals surface area contributed by atoms with Crippen LogP contribution in [0, 0.1) is 5.92 Å². The van der Waals surface area contributed by atoms with Gasteiger partial charge in [0.25, 0.3) is 0 Å². The molecule has 3 aromatic carbocycles. The van der Waals surface area contributed by atoms with Crippen molar-refractivity contribution in [3.8, 4) is 22.4 Å². The molecule has 13 heteroatoms. The van der Waals surface area contributed by atoms with E-state index in [0.717, 1.165) is 44.8 Å². The number of hydrogen-bond donors (Lipinski definition) is 2. The summed E-state index contributed by atoms with van der Waals surface area (Å²) in [5.74, 6) is -0.223. The van der Waals surface area contributed by atoms with Crippen molar-refractivity contribution in [3.05, 3.63) is 108 Å². The van der Waals surface area contributed by atoms with Crippen LogP contribution in [0.25, 0.3) is 28.0 Å². The normalized spacial score (nSPS) is 21.4. The van der Waals surface area contributed by atoms with Crippen molar-refractivity contribution in [2.75, 3.05) is 33.3 Å². The lowest BCUT2D eigenvalue weighted by Crippen LogP contribution is -2.51. The fraction of sp³-hybridized carbons (Fsp3) is 0.413. The molecular formula is C46H53F2N7O4. The zero-order chi connectivity index (χ0) is 41.8. The van der Waals surface area contributed by atoms with Crippen LogP contribution in [0.5, 0.6) is 0 Å². The summed E-state index contributed by atoms with van der Waals surface area (Å²) in [4.78, 5) is 57.6. The molecule has 59 heavy (non-hydrogen) atoms. The molecule has 0 aliphatic carbocycles. The van der Waals surface area contributed by atoms with Gasteiger partial charge in [0, 0.05) is 31.2 Å². The van der Waals surface area contributed by atoms with E-state index in [1.807, 2.05) is 88.5 Å². The van der Waals surface area contributed by atoms with Crippen LogP contribution >= 0.6 is 0 Å². The van der Waals surface area contributed by atoms with E-state index >= 15 is 4.39 Å². The van der Waals surface area contributed by atoms with Crippen LogP contribution in [-0.2, 0) is 14.3 Å². The molecule has 0 bridgehead atoms. The molecule has 1 aromatic heterocycles. The number of halogens is 2. The van der Waals surface area contributed by atoms with Gasteiger partial charge in [0.15, 0.2) is 0 Å². The summed E-state index contributed by atoms with van der Waals surface area (Å²) in [5, 5.41) is 2.59. The fourth-order valence-electron chi connectivity index (χ4n) is 8.60. The van der Waals surface area contributed by atoms with Gasteiger partial charge in [0.05, 0.1) is 44.2 Å². The minimum atomic E-state index is -1.22. The average molecular weight is 806 g/mol. The Bertz CT molecular complexity index is 2170. The number of carbonyl (C=O) groups excluding carboxylic acids is 3. The van der Waals surface area contributed by atoms with Crippen molar-refractivity contribution in [3.63, 3.8) is 0 Å². The number of imidazole rings is 1. The number of hydrogen-bond acceptors (Lipinski definition) is 7. The summed E-state index contributed by atoms with van der Waals surface area (Å²) in [7, 11) is 1.23. The second-order valence-corrected chi connectivity index (χ2v) is 15.9. The predicted molar refractivity (Wildman–Crippen MR) is 225 cm³/mol. The number of benzene rings is 3. The van der Waals surface area contributed by atoms with Gasteiger partial charge >= 0.3 is 6.09 Å². The molecular weight excluding hydrogens is 753 g/mol. The van der Waals surface area contributed by atoms with Crippen LogP contribution in [0.4, 0.5) is 13.6 Å². The fourth-order valence-corrected chi connectivity index (χ4v) is 8.60. The number of amides is 3. The quantitative estimate of drug-likeness (QED) is 0.142. The SMILES string of the molecule is CCN(CC)[C@@H](C(=O)N1C[C@@H](F)C[C@H]1C1=NC=C(c2ccc(-c3ccc(-c4cnc([C@@H]5C[C@H](F)CN5C(=O)[C@@H](NC(=O)OC)C(C)C)[nH]4)cc3)cc2)C1)c1ccccc1. The molecule has 0 saturated carbocycles. The number of H-pyrrole nitrogens is 1. The summed E-state index contributed by atoms with van der Waals surface area (Å²) >= 11 is 0. The number of nitrogens with one attached hydrogen (secondary N) is 2. The lowest BCUT2D eigenvalue weighted by Gasteiger charge is -2.34. The van der Waals surface area contributed by atoms with Crippen molar-refractivity contribution in [1.29, 1.82) is 0 Å². The first-order valence-corrected chi connectivity index (χ1v) is 20.5. The Morgan fingerprint density at radius 3 is 2.00 bits per heavy atom. The first-order valence-electron chi connectivity index (χ1n) is 20.5. The number of aromatic amines is 1. The number of likely N-dealkylation sites (tertiary alicyclic amines) is 2.